The Morgan fingerprint density at radius 3 is 2.62 bits per heavy atom. The van der Waals surface area contributed by atoms with E-state index in [4.69, 9.17) is 5.11 Å². The van der Waals surface area contributed by atoms with Gasteiger partial charge in [0.1, 0.15) is 0 Å². The number of aryl methyl sites for hydroxylation is 2. The van der Waals surface area contributed by atoms with Gasteiger partial charge in [-0.25, -0.2) is 4.79 Å². The van der Waals surface area contributed by atoms with Crippen LogP contribution in [0.2, 0.25) is 0 Å². The molecule has 0 atom stereocenters. The molecule has 1 aromatic carbocycles. The Balaban J connectivity index is 0.00000288. The molecular weight excluding hydrogens is 295 g/mol. The van der Waals surface area contributed by atoms with Crippen LogP contribution in [0.4, 0.5) is 0 Å². The van der Waals surface area contributed by atoms with Gasteiger partial charge in [0.05, 0.1) is 0 Å². The molecule has 1 aliphatic carbocycles. The third-order valence-corrected chi connectivity index (χ3v) is 3.97. The number of carbonyl (C=O) groups is 1. The van der Waals surface area contributed by atoms with Crippen LogP contribution in [0.3, 0.4) is 0 Å². The van der Waals surface area contributed by atoms with Crippen LogP contribution in [0.5, 0.6) is 0 Å². The lowest BCUT2D eigenvalue weighted by Gasteiger charge is -2.19. The number of rotatable bonds is 4. The van der Waals surface area contributed by atoms with Crippen molar-refractivity contribution < 1.29 is 9.90 Å². The molecule has 0 saturated carbocycles. The first kappa shape index (κ1) is 19.8. The molecule has 1 N–H and O–H groups in total. The largest absolute Gasteiger partial charge is 0.478 e. The third-order valence-electron chi connectivity index (χ3n) is 3.97. The second-order valence-electron chi connectivity index (χ2n) is 6.18. The minimum atomic E-state index is -0.913. The van der Waals surface area contributed by atoms with Crippen molar-refractivity contribution in [3.05, 3.63) is 76.4 Å². The number of benzene rings is 1. The Labute approximate surface area is 146 Å². The first-order chi connectivity index (χ1) is 11.0. The lowest BCUT2D eigenvalue weighted by molar-refractivity contribution is -0.131. The van der Waals surface area contributed by atoms with Gasteiger partial charge in [-0.15, -0.1) is 0 Å². The summed E-state index contributed by atoms with van der Waals surface area (Å²) in [5.74, 6) is -0.913. The van der Waals surface area contributed by atoms with E-state index in [0.29, 0.717) is 0 Å². The van der Waals surface area contributed by atoms with E-state index in [9.17, 15) is 4.79 Å². The number of carboxylic acid groups (broad SMARTS) is 1. The van der Waals surface area contributed by atoms with Crippen LogP contribution in [0.15, 0.2) is 59.7 Å². The van der Waals surface area contributed by atoms with Crippen LogP contribution < -0.4 is 0 Å². The highest BCUT2D eigenvalue weighted by Crippen LogP contribution is 2.32. The molecule has 3 heteroatoms. The van der Waals surface area contributed by atoms with Gasteiger partial charge in [0.15, 0.2) is 0 Å². The van der Waals surface area contributed by atoms with Gasteiger partial charge in [-0.2, -0.15) is 0 Å². The van der Waals surface area contributed by atoms with Crippen molar-refractivity contribution >= 4 is 20.0 Å². The van der Waals surface area contributed by atoms with Crippen molar-refractivity contribution in [3.8, 4) is 0 Å². The van der Waals surface area contributed by atoms with Crippen LogP contribution in [0.25, 0.3) is 5.57 Å². The summed E-state index contributed by atoms with van der Waals surface area (Å²) in [7, 11) is 0. The molecule has 0 fully saturated rings. The van der Waals surface area contributed by atoms with E-state index in [0.717, 1.165) is 18.4 Å². The molecule has 0 saturated heterocycles. The molecule has 0 amide bonds. The smallest absolute Gasteiger partial charge is 0.328 e. The van der Waals surface area contributed by atoms with Gasteiger partial charge in [-0.1, -0.05) is 53.6 Å². The number of fused-ring (bicyclic) bond motifs is 1. The van der Waals surface area contributed by atoms with E-state index in [1.807, 2.05) is 18.2 Å². The van der Waals surface area contributed by atoms with Crippen LogP contribution in [0.1, 0.15) is 43.4 Å². The molecule has 0 bridgehead atoms. The molecule has 2 rings (SSSR count). The zero-order valence-electron chi connectivity index (χ0n) is 14.7. The lowest BCUT2D eigenvalue weighted by atomic mass is 9.85. The molecule has 0 heterocycles. The first-order valence-electron chi connectivity index (χ1n) is 8.02. The van der Waals surface area contributed by atoms with Gasteiger partial charge in [0.2, 0.25) is 0 Å². The summed E-state index contributed by atoms with van der Waals surface area (Å²) < 4.78 is 0. The number of carboxylic acids is 1. The average Bonchev–Trinajstić information content (AvgIpc) is 2.46. The zero-order chi connectivity index (χ0) is 16.8. The summed E-state index contributed by atoms with van der Waals surface area (Å²) in [5.41, 5.74) is 7.44. The Morgan fingerprint density at radius 1 is 1.17 bits per heavy atom. The van der Waals surface area contributed by atoms with Gasteiger partial charge in [0, 0.05) is 14.5 Å². The maximum Gasteiger partial charge on any atom is 0.328 e. The maximum atomic E-state index is 10.6. The van der Waals surface area contributed by atoms with Crippen LogP contribution in [-0.4, -0.2) is 19.5 Å². The molecule has 0 aromatic heterocycles. The highest BCUT2D eigenvalue weighted by atomic mass is 16.4. The molecule has 123 valence electrons. The quantitative estimate of drug-likeness (QED) is 0.488. The van der Waals surface area contributed by atoms with Crippen molar-refractivity contribution in [2.45, 2.75) is 40.0 Å². The molecule has 0 spiro atoms. The fraction of sp³-hybridized carbons (Fsp3) is 0.286. The first-order valence-corrected chi connectivity index (χ1v) is 8.02. The predicted molar refractivity (Wildman–Crippen MR) is 102 cm³/mol. The van der Waals surface area contributed by atoms with Crippen molar-refractivity contribution in [3.63, 3.8) is 0 Å². The normalized spacial score (nSPS) is 16.9. The Kier molecular flexibility index (Phi) is 7.51. The molecule has 2 nitrogen and oxygen atoms in total. The molecule has 3 radical (unpaired) electrons. The van der Waals surface area contributed by atoms with Crippen LogP contribution in [0, 0.1) is 6.92 Å². The monoisotopic (exact) mass is 319 g/mol. The molecule has 1 aliphatic rings. The Hall–Kier alpha value is -2.29. The third kappa shape index (κ3) is 5.73. The molecular formula is C21H24BO2. The van der Waals surface area contributed by atoms with Crippen molar-refractivity contribution in [1.82, 2.24) is 0 Å². The number of allylic oxidation sites excluding steroid dienone is 7. The van der Waals surface area contributed by atoms with Crippen LogP contribution >= 0.6 is 0 Å². The highest BCUT2D eigenvalue weighted by Gasteiger charge is 2.13. The summed E-state index contributed by atoms with van der Waals surface area (Å²) in [5, 5.41) is 8.69. The fourth-order valence-electron chi connectivity index (χ4n) is 2.91. The maximum absolute atomic E-state index is 10.6. The Bertz CT molecular complexity index is 721. The van der Waals surface area contributed by atoms with Crippen LogP contribution in [-0.2, 0) is 11.2 Å². The summed E-state index contributed by atoms with van der Waals surface area (Å²) in [4.78, 5) is 10.6. The number of hydrogen-bond donors (Lipinski definition) is 1. The second kappa shape index (κ2) is 9.12. The van der Waals surface area contributed by atoms with E-state index in [1.54, 1.807) is 6.92 Å². The van der Waals surface area contributed by atoms with Gasteiger partial charge in [-0.05, 0) is 62.3 Å². The number of aliphatic carboxylic acids is 1. The van der Waals surface area contributed by atoms with E-state index in [-0.39, 0.29) is 8.41 Å². The molecule has 24 heavy (non-hydrogen) atoms. The minimum Gasteiger partial charge on any atom is -0.478 e. The average molecular weight is 319 g/mol. The van der Waals surface area contributed by atoms with E-state index < -0.39 is 5.97 Å². The van der Waals surface area contributed by atoms with Gasteiger partial charge >= 0.3 is 5.97 Å². The molecule has 1 aromatic rings. The van der Waals surface area contributed by atoms with E-state index >= 15 is 0 Å². The highest BCUT2D eigenvalue weighted by molar-refractivity contribution is 5.81. The summed E-state index contributed by atoms with van der Waals surface area (Å²) in [6.45, 7) is 6.00. The van der Waals surface area contributed by atoms with Crippen molar-refractivity contribution in [1.29, 1.82) is 0 Å². The summed E-state index contributed by atoms with van der Waals surface area (Å²) in [6, 6.07) is 6.71. The molecule has 0 unspecified atom stereocenters. The summed E-state index contributed by atoms with van der Waals surface area (Å²) >= 11 is 0. The topological polar surface area (TPSA) is 37.3 Å². The fourth-order valence-corrected chi connectivity index (χ4v) is 2.91. The minimum absolute atomic E-state index is 0. The standard InChI is InChI=1S/C21H24O2.B/c1-15(6-4-7-16(2)14-21(22)23)12-18-8-5-9-19-13-17(3)10-11-20(18)19;/h4,6-7,10-14H,5,8-9H2,1-3H3,(H,22,23);/b7-4+,15-6-,16-14+,18-12+;. The SMILES string of the molecule is CC(=C/C=C/C(C)=C/C(=O)O)/C=C1\CCCc2cc(C)ccc21.[B]. The summed E-state index contributed by atoms with van der Waals surface area (Å²) in [6.07, 6.45) is 12.7. The zero-order valence-corrected chi connectivity index (χ0v) is 14.7. The molecule has 0 aliphatic heterocycles. The van der Waals surface area contributed by atoms with E-state index in [1.165, 1.54) is 40.3 Å². The van der Waals surface area contributed by atoms with Crippen molar-refractivity contribution in [2.24, 2.45) is 0 Å². The number of hydrogen-bond acceptors (Lipinski definition) is 1. The predicted octanol–water partition coefficient (Wildman–Crippen LogP) is 4.87. The van der Waals surface area contributed by atoms with E-state index in [2.05, 4.69) is 38.1 Å². The Morgan fingerprint density at radius 2 is 1.92 bits per heavy atom. The second-order valence-corrected chi connectivity index (χ2v) is 6.18. The van der Waals surface area contributed by atoms with Gasteiger partial charge in [-0.3, -0.25) is 0 Å². The van der Waals surface area contributed by atoms with Crippen molar-refractivity contribution in [2.75, 3.05) is 0 Å². The van der Waals surface area contributed by atoms with Gasteiger partial charge in [0.25, 0.3) is 0 Å². The lowest BCUT2D eigenvalue weighted by Crippen LogP contribution is -2.02. The van der Waals surface area contributed by atoms with Gasteiger partial charge < -0.3 is 5.11 Å².